The highest BCUT2D eigenvalue weighted by Crippen LogP contribution is 2.33. The number of nitrogens with zero attached hydrogens (tertiary/aromatic N) is 1. The third-order valence-corrected chi connectivity index (χ3v) is 5.02. The van der Waals surface area contributed by atoms with Crippen molar-refractivity contribution in [2.75, 3.05) is 18.5 Å². The third kappa shape index (κ3) is 5.08. The molecule has 1 amide bonds. The Morgan fingerprint density at radius 1 is 1.22 bits per heavy atom. The number of esters is 1. The molecule has 6 nitrogen and oxygen atoms in total. The minimum Gasteiger partial charge on any atom is -0.494 e. The minimum absolute atomic E-state index is 0.242. The maximum atomic E-state index is 12.5. The summed E-state index contributed by atoms with van der Waals surface area (Å²) >= 11 is 1.04. The topological polar surface area (TPSA) is 88.4 Å². The summed E-state index contributed by atoms with van der Waals surface area (Å²) in [7, 11) is 0. The molecule has 0 atom stereocenters. The number of anilines is 1. The van der Waals surface area contributed by atoms with Gasteiger partial charge in [-0.15, -0.1) is 11.3 Å². The molecule has 2 aromatic rings. The van der Waals surface area contributed by atoms with Crippen molar-refractivity contribution < 1.29 is 19.1 Å². The molecule has 0 aliphatic rings. The Hall–Kier alpha value is -2.85. The molecule has 7 heteroatoms. The Morgan fingerprint density at radius 3 is 2.52 bits per heavy atom. The van der Waals surface area contributed by atoms with E-state index in [-0.39, 0.29) is 18.1 Å². The smallest absolute Gasteiger partial charge is 0.348 e. The highest BCUT2D eigenvalue weighted by Gasteiger charge is 2.22. The SMILES string of the molecule is CCCCOc1ccc(C(=O)Nc2sc(C(=O)OCC)c(C)c2C#N)cc1. The van der Waals surface area contributed by atoms with Gasteiger partial charge in [-0.1, -0.05) is 13.3 Å². The number of hydrogen-bond donors (Lipinski definition) is 1. The van der Waals surface area contributed by atoms with Gasteiger partial charge in [0.05, 0.1) is 18.8 Å². The van der Waals surface area contributed by atoms with E-state index in [9.17, 15) is 14.9 Å². The number of nitrogens with one attached hydrogen (secondary N) is 1. The highest BCUT2D eigenvalue weighted by atomic mass is 32.1. The van der Waals surface area contributed by atoms with Gasteiger partial charge in [0.1, 0.15) is 21.7 Å². The fourth-order valence-electron chi connectivity index (χ4n) is 2.34. The molecule has 1 N–H and O–H groups in total. The molecule has 27 heavy (non-hydrogen) atoms. The van der Waals surface area contributed by atoms with E-state index >= 15 is 0 Å². The van der Waals surface area contributed by atoms with Crippen molar-refractivity contribution in [3.63, 3.8) is 0 Å². The molecule has 0 radical (unpaired) electrons. The summed E-state index contributed by atoms with van der Waals surface area (Å²) in [5.41, 5.74) is 1.22. The van der Waals surface area contributed by atoms with E-state index in [1.165, 1.54) is 0 Å². The van der Waals surface area contributed by atoms with E-state index in [1.54, 1.807) is 38.1 Å². The van der Waals surface area contributed by atoms with Gasteiger partial charge >= 0.3 is 5.97 Å². The number of ether oxygens (including phenoxy) is 2. The molecule has 0 aliphatic carbocycles. The first-order valence-electron chi connectivity index (χ1n) is 8.76. The van der Waals surface area contributed by atoms with Crippen LogP contribution in [0.3, 0.4) is 0 Å². The number of nitriles is 1. The Kier molecular flexibility index (Phi) is 7.38. The van der Waals surface area contributed by atoms with Gasteiger partial charge in [0.2, 0.25) is 0 Å². The second kappa shape index (κ2) is 9.74. The Morgan fingerprint density at radius 2 is 1.93 bits per heavy atom. The summed E-state index contributed by atoms with van der Waals surface area (Å²) in [4.78, 5) is 24.8. The van der Waals surface area contributed by atoms with Crippen LogP contribution >= 0.6 is 11.3 Å². The van der Waals surface area contributed by atoms with Crippen LogP contribution < -0.4 is 10.1 Å². The molecule has 0 bridgehead atoms. The highest BCUT2D eigenvalue weighted by molar-refractivity contribution is 7.18. The van der Waals surface area contributed by atoms with E-state index in [2.05, 4.69) is 12.2 Å². The van der Waals surface area contributed by atoms with Crippen LogP contribution in [0.15, 0.2) is 24.3 Å². The van der Waals surface area contributed by atoms with Crippen LogP contribution in [0.1, 0.15) is 57.8 Å². The Balaban J connectivity index is 2.14. The van der Waals surface area contributed by atoms with E-state index < -0.39 is 5.97 Å². The zero-order valence-electron chi connectivity index (χ0n) is 15.6. The fraction of sp³-hybridized carbons (Fsp3) is 0.350. The van der Waals surface area contributed by atoms with Crippen LogP contribution in [0.25, 0.3) is 0 Å². The van der Waals surface area contributed by atoms with Crippen molar-refractivity contribution in [3.8, 4) is 11.8 Å². The summed E-state index contributed by atoms with van der Waals surface area (Å²) in [5.74, 6) is -0.150. The number of carbonyl (C=O) groups is 2. The normalized spacial score (nSPS) is 10.1. The lowest BCUT2D eigenvalue weighted by molar-refractivity contribution is 0.0531. The predicted octanol–water partition coefficient (Wildman–Crippen LogP) is 4.54. The molecule has 1 heterocycles. The first kappa shape index (κ1) is 20.5. The molecular weight excluding hydrogens is 364 g/mol. The van der Waals surface area contributed by atoms with Crippen LogP contribution in [0.2, 0.25) is 0 Å². The monoisotopic (exact) mass is 386 g/mol. The second-order valence-corrected chi connectivity index (χ2v) is 6.79. The molecular formula is C20H22N2O4S. The van der Waals surface area contributed by atoms with Gasteiger partial charge in [0, 0.05) is 5.56 Å². The average Bonchev–Trinajstić information content (AvgIpc) is 2.98. The maximum Gasteiger partial charge on any atom is 0.348 e. The first-order chi connectivity index (χ1) is 13.0. The molecule has 0 spiro atoms. The quantitative estimate of drug-likeness (QED) is 0.532. The van der Waals surface area contributed by atoms with E-state index in [4.69, 9.17) is 9.47 Å². The van der Waals surface area contributed by atoms with Gasteiger partial charge in [-0.05, 0) is 50.1 Å². The lowest BCUT2D eigenvalue weighted by Crippen LogP contribution is -2.11. The van der Waals surface area contributed by atoms with Crippen molar-refractivity contribution in [3.05, 3.63) is 45.8 Å². The average molecular weight is 386 g/mol. The van der Waals surface area contributed by atoms with E-state index in [1.807, 2.05) is 6.07 Å². The maximum absolute atomic E-state index is 12.5. The van der Waals surface area contributed by atoms with Gasteiger partial charge in [0.15, 0.2) is 0 Å². The molecule has 0 unspecified atom stereocenters. The van der Waals surface area contributed by atoms with Crippen molar-refractivity contribution in [1.82, 2.24) is 0 Å². The largest absolute Gasteiger partial charge is 0.494 e. The number of hydrogen-bond acceptors (Lipinski definition) is 6. The summed E-state index contributed by atoms with van der Waals surface area (Å²) in [6, 6.07) is 8.84. The number of amides is 1. The lowest BCUT2D eigenvalue weighted by Gasteiger charge is -2.07. The van der Waals surface area contributed by atoms with Gasteiger partial charge < -0.3 is 14.8 Å². The van der Waals surface area contributed by atoms with Gasteiger partial charge in [-0.3, -0.25) is 4.79 Å². The zero-order valence-corrected chi connectivity index (χ0v) is 16.4. The van der Waals surface area contributed by atoms with Crippen molar-refractivity contribution >= 4 is 28.2 Å². The molecule has 2 rings (SSSR count). The number of carbonyl (C=O) groups excluding carboxylic acids is 2. The minimum atomic E-state index is -0.495. The standard InChI is InChI=1S/C20H22N2O4S/c1-4-6-11-26-15-9-7-14(8-10-15)18(23)22-19-16(12-21)13(3)17(27-19)20(24)25-5-2/h7-10H,4-6,11H2,1-3H3,(H,22,23). The third-order valence-electron chi connectivity index (χ3n) is 3.83. The molecule has 1 aromatic carbocycles. The van der Waals surface area contributed by atoms with Gasteiger partial charge in [-0.25, -0.2) is 4.79 Å². The summed E-state index contributed by atoms with van der Waals surface area (Å²) in [6.45, 7) is 6.35. The van der Waals surface area contributed by atoms with Crippen LogP contribution in [-0.2, 0) is 4.74 Å². The zero-order chi connectivity index (χ0) is 19.8. The number of unbranched alkanes of at least 4 members (excludes halogenated alkanes) is 1. The summed E-state index contributed by atoms with van der Waals surface area (Å²) < 4.78 is 10.6. The van der Waals surface area contributed by atoms with E-state index in [0.29, 0.717) is 33.4 Å². The van der Waals surface area contributed by atoms with Crippen molar-refractivity contribution in [2.45, 2.75) is 33.6 Å². The van der Waals surface area contributed by atoms with Crippen LogP contribution in [0.5, 0.6) is 5.75 Å². The molecule has 142 valence electrons. The fourth-order valence-corrected chi connectivity index (χ4v) is 3.39. The van der Waals surface area contributed by atoms with E-state index in [0.717, 1.165) is 24.2 Å². The Labute approximate surface area is 162 Å². The molecule has 0 aliphatic heterocycles. The number of benzene rings is 1. The molecule has 0 fully saturated rings. The molecule has 1 aromatic heterocycles. The number of thiophene rings is 1. The summed E-state index contributed by atoms with van der Waals surface area (Å²) in [5, 5.41) is 12.4. The van der Waals surface area contributed by atoms with Gasteiger partial charge in [0.25, 0.3) is 5.91 Å². The Bertz CT molecular complexity index is 850. The van der Waals surface area contributed by atoms with Gasteiger partial charge in [-0.2, -0.15) is 5.26 Å². The van der Waals surface area contributed by atoms with Crippen molar-refractivity contribution in [1.29, 1.82) is 5.26 Å². The van der Waals surface area contributed by atoms with Crippen LogP contribution in [0, 0.1) is 18.3 Å². The lowest BCUT2D eigenvalue weighted by atomic mass is 10.1. The second-order valence-electron chi connectivity index (χ2n) is 5.77. The predicted molar refractivity (Wildman–Crippen MR) is 105 cm³/mol. The molecule has 0 saturated carbocycles. The van der Waals surface area contributed by atoms with Crippen LogP contribution in [-0.4, -0.2) is 25.1 Å². The number of rotatable bonds is 8. The molecule has 0 saturated heterocycles. The van der Waals surface area contributed by atoms with Crippen molar-refractivity contribution in [2.24, 2.45) is 0 Å². The first-order valence-corrected chi connectivity index (χ1v) is 9.58. The summed E-state index contributed by atoms with van der Waals surface area (Å²) in [6.07, 6.45) is 2.02. The van der Waals surface area contributed by atoms with Crippen LogP contribution in [0.4, 0.5) is 5.00 Å².